The van der Waals surface area contributed by atoms with Crippen molar-refractivity contribution in [2.45, 2.75) is 18.9 Å². The van der Waals surface area contributed by atoms with Gasteiger partial charge >= 0.3 is 0 Å². The molecule has 2 fully saturated rings. The van der Waals surface area contributed by atoms with Crippen LogP contribution in [0.5, 0.6) is 0 Å². The minimum Gasteiger partial charge on any atom is -0.335 e. The van der Waals surface area contributed by atoms with Crippen LogP contribution in [0.3, 0.4) is 0 Å². The van der Waals surface area contributed by atoms with Crippen molar-refractivity contribution in [1.29, 1.82) is 0 Å². The van der Waals surface area contributed by atoms with E-state index in [1.54, 1.807) is 0 Å². The van der Waals surface area contributed by atoms with Crippen LogP contribution >= 0.6 is 23.7 Å². The Morgan fingerprint density at radius 1 is 1.14 bits per heavy atom. The van der Waals surface area contributed by atoms with Gasteiger partial charge in [-0.05, 0) is 25.1 Å². The van der Waals surface area contributed by atoms with E-state index in [1.807, 2.05) is 45.5 Å². The Bertz CT molecular complexity index is 838. The number of rotatable bonds is 5. The Morgan fingerprint density at radius 2 is 1.86 bits per heavy atom. The molecule has 1 aromatic heterocycles. The minimum absolute atomic E-state index is 0. The molecule has 0 saturated carbocycles. The number of hydrogen-bond donors (Lipinski definition) is 1. The van der Waals surface area contributed by atoms with E-state index in [2.05, 4.69) is 9.88 Å². The second-order valence-corrected chi connectivity index (χ2v) is 8.07. The van der Waals surface area contributed by atoms with Crippen molar-refractivity contribution in [1.82, 2.24) is 14.8 Å². The highest BCUT2D eigenvalue weighted by molar-refractivity contribution is 7.09. The van der Waals surface area contributed by atoms with Crippen LogP contribution in [0.2, 0.25) is 0 Å². The zero-order chi connectivity index (χ0) is 19.5. The van der Waals surface area contributed by atoms with Gasteiger partial charge < -0.3 is 15.5 Å². The maximum absolute atomic E-state index is 12.9. The summed E-state index contributed by atoms with van der Waals surface area (Å²) in [7, 11) is 0. The van der Waals surface area contributed by atoms with Crippen LogP contribution < -0.4 is 10.6 Å². The number of carbonyl (C=O) groups is 2. The number of thiazole rings is 1. The molecule has 7 nitrogen and oxygen atoms in total. The summed E-state index contributed by atoms with van der Waals surface area (Å²) < 4.78 is 0. The first-order valence-electron chi connectivity index (χ1n) is 9.71. The van der Waals surface area contributed by atoms with Crippen LogP contribution in [0.25, 0.3) is 0 Å². The molecular formula is C20H26ClN5O2S. The lowest BCUT2D eigenvalue weighted by Crippen LogP contribution is -2.53. The third-order valence-corrected chi connectivity index (χ3v) is 6.33. The summed E-state index contributed by atoms with van der Waals surface area (Å²) in [6.45, 7) is 3.95. The van der Waals surface area contributed by atoms with E-state index in [0.29, 0.717) is 44.8 Å². The second kappa shape index (κ2) is 9.67. The predicted octanol–water partition coefficient (Wildman–Crippen LogP) is 1.63. The summed E-state index contributed by atoms with van der Waals surface area (Å²) in [5.41, 5.74) is 7.02. The van der Waals surface area contributed by atoms with Gasteiger partial charge in [-0.3, -0.25) is 14.5 Å². The number of nitrogens with two attached hydrogens (primary N) is 1. The fraction of sp³-hybridized carbons (Fsp3) is 0.450. The highest BCUT2D eigenvalue weighted by Gasteiger charge is 2.38. The van der Waals surface area contributed by atoms with E-state index < -0.39 is 0 Å². The van der Waals surface area contributed by atoms with Crippen molar-refractivity contribution in [3.05, 3.63) is 46.4 Å². The van der Waals surface area contributed by atoms with Crippen LogP contribution in [0.4, 0.5) is 5.69 Å². The number of hydrogen-bond acceptors (Lipinski definition) is 6. The lowest BCUT2D eigenvalue weighted by Gasteiger charge is -2.37. The molecule has 0 aliphatic carbocycles. The zero-order valence-corrected chi connectivity index (χ0v) is 17.8. The number of halogens is 1. The van der Waals surface area contributed by atoms with E-state index in [1.165, 1.54) is 11.3 Å². The summed E-state index contributed by atoms with van der Waals surface area (Å²) in [6.07, 6.45) is 1.53. The minimum atomic E-state index is -0.0899. The summed E-state index contributed by atoms with van der Waals surface area (Å²) in [6, 6.07) is 9.73. The van der Waals surface area contributed by atoms with E-state index in [4.69, 9.17) is 5.73 Å². The topological polar surface area (TPSA) is 82.8 Å². The van der Waals surface area contributed by atoms with Gasteiger partial charge in [-0.25, -0.2) is 4.98 Å². The van der Waals surface area contributed by atoms with Gasteiger partial charge in [0.1, 0.15) is 5.69 Å². The molecule has 1 unspecified atom stereocenters. The van der Waals surface area contributed by atoms with Crippen molar-refractivity contribution in [3.63, 3.8) is 0 Å². The van der Waals surface area contributed by atoms with Crippen molar-refractivity contribution < 1.29 is 9.59 Å². The molecule has 1 aromatic carbocycles. The average molecular weight is 436 g/mol. The molecular weight excluding hydrogens is 410 g/mol. The van der Waals surface area contributed by atoms with Gasteiger partial charge in [-0.15, -0.1) is 23.7 Å². The maximum atomic E-state index is 12.9. The summed E-state index contributed by atoms with van der Waals surface area (Å²) in [5.74, 6) is 0.139. The van der Waals surface area contributed by atoms with Crippen molar-refractivity contribution in [2.24, 2.45) is 5.73 Å². The molecule has 2 aliphatic rings. The molecule has 29 heavy (non-hydrogen) atoms. The fourth-order valence-electron chi connectivity index (χ4n) is 3.91. The van der Waals surface area contributed by atoms with Crippen LogP contribution in [0, 0.1) is 0 Å². The molecule has 0 radical (unpaired) electrons. The van der Waals surface area contributed by atoms with E-state index >= 15 is 0 Å². The first-order valence-corrected chi connectivity index (χ1v) is 10.6. The number of piperazine rings is 1. The highest BCUT2D eigenvalue weighted by atomic mass is 35.5. The van der Waals surface area contributed by atoms with E-state index in [9.17, 15) is 9.59 Å². The summed E-state index contributed by atoms with van der Waals surface area (Å²) in [4.78, 5) is 35.9. The molecule has 2 saturated heterocycles. The molecule has 156 valence electrons. The molecule has 0 spiro atoms. The van der Waals surface area contributed by atoms with Gasteiger partial charge in [0.05, 0.1) is 11.0 Å². The molecule has 2 amide bonds. The molecule has 2 N–H and O–H groups in total. The first-order chi connectivity index (χ1) is 13.7. The first kappa shape index (κ1) is 21.7. The van der Waals surface area contributed by atoms with Crippen LogP contribution in [0.1, 0.15) is 21.9 Å². The van der Waals surface area contributed by atoms with Gasteiger partial charge in [0.25, 0.3) is 5.91 Å². The molecule has 2 aromatic rings. The van der Waals surface area contributed by atoms with E-state index in [-0.39, 0.29) is 30.3 Å². The number of amides is 2. The maximum Gasteiger partial charge on any atom is 0.273 e. The van der Waals surface area contributed by atoms with E-state index in [0.717, 1.165) is 23.7 Å². The lowest BCUT2D eigenvalue weighted by molar-refractivity contribution is -0.122. The van der Waals surface area contributed by atoms with Gasteiger partial charge in [0.2, 0.25) is 5.91 Å². The third kappa shape index (κ3) is 4.61. The van der Waals surface area contributed by atoms with Crippen molar-refractivity contribution in [3.8, 4) is 0 Å². The Hall–Kier alpha value is -2.00. The largest absolute Gasteiger partial charge is 0.335 e. The highest BCUT2D eigenvalue weighted by Crippen LogP contribution is 2.25. The number of anilines is 1. The number of para-hydroxylation sites is 1. The number of nitrogens with zero attached hydrogens (tertiary/aromatic N) is 4. The van der Waals surface area contributed by atoms with Crippen molar-refractivity contribution >= 4 is 41.2 Å². The average Bonchev–Trinajstić information content (AvgIpc) is 3.35. The SMILES string of the molecule is Cl.NCCc1nc(C(=O)N2CCN(C3CCN(c4ccccc4)C3=O)CC2)cs1. The lowest BCUT2D eigenvalue weighted by atomic mass is 10.1. The molecule has 4 rings (SSSR count). The molecule has 3 heterocycles. The smallest absolute Gasteiger partial charge is 0.273 e. The van der Waals surface area contributed by atoms with Crippen molar-refractivity contribution in [2.75, 3.05) is 44.2 Å². The molecule has 0 bridgehead atoms. The molecule has 1 atom stereocenters. The molecule has 9 heteroatoms. The van der Waals surface area contributed by atoms with Crippen LogP contribution in [-0.4, -0.2) is 71.9 Å². The number of benzene rings is 1. The number of carbonyl (C=O) groups excluding carboxylic acids is 2. The summed E-state index contributed by atoms with van der Waals surface area (Å²) >= 11 is 1.49. The Labute approximate surface area is 180 Å². The van der Waals surface area contributed by atoms with Gasteiger partial charge in [0, 0.05) is 50.2 Å². The van der Waals surface area contributed by atoms with Gasteiger partial charge in [-0.1, -0.05) is 18.2 Å². The van der Waals surface area contributed by atoms with Crippen LogP contribution in [-0.2, 0) is 11.2 Å². The Morgan fingerprint density at radius 3 is 2.55 bits per heavy atom. The standard InChI is InChI=1S/C20H25N5O2S.ClH/c21-8-6-18-22-16(14-28-18)19(26)24-12-10-23(11-13-24)17-7-9-25(20(17)27)15-4-2-1-3-5-15;/h1-5,14,17H,6-13,21H2;1H. The third-order valence-electron chi connectivity index (χ3n) is 5.42. The van der Waals surface area contributed by atoms with Gasteiger partial charge in [-0.2, -0.15) is 0 Å². The van der Waals surface area contributed by atoms with Crippen LogP contribution in [0.15, 0.2) is 35.7 Å². The monoisotopic (exact) mass is 435 g/mol. The second-order valence-electron chi connectivity index (χ2n) is 7.12. The Balaban J connectivity index is 0.00000240. The quantitative estimate of drug-likeness (QED) is 0.771. The zero-order valence-electron chi connectivity index (χ0n) is 16.2. The normalized spacial score (nSPS) is 20.0. The number of aromatic nitrogens is 1. The predicted molar refractivity (Wildman–Crippen MR) is 117 cm³/mol. The summed E-state index contributed by atoms with van der Waals surface area (Å²) in [5, 5.41) is 2.72. The fourth-order valence-corrected chi connectivity index (χ4v) is 4.70. The molecule has 2 aliphatic heterocycles. The van der Waals surface area contributed by atoms with Gasteiger partial charge in [0.15, 0.2) is 0 Å². The Kier molecular flexibility index (Phi) is 7.23.